The van der Waals surface area contributed by atoms with Crippen molar-refractivity contribution in [2.75, 3.05) is 18.8 Å². The van der Waals surface area contributed by atoms with Crippen molar-refractivity contribution in [1.29, 1.82) is 0 Å². The molecule has 1 aliphatic heterocycles. The number of amides is 1. The molecule has 6 heteroatoms. The van der Waals surface area contributed by atoms with Crippen LogP contribution in [0.1, 0.15) is 19.8 Å². The van der Waals surface area contributed by atoms with E-state index < -0.39 is 16.0 Å². The summed E-state index contributed by atoms with van der Waals surface area (Å²) in [5.74, 6) is -0.550. The lowest BCUT2D eigenvalue weighted by atomic mass is 9.99. The Morgan fingerprint density at radius 2 is 1.93 bits per heavy atom. The second-order valence-electron chi connectivity index (χ2n) is 3.65. The van der Waals surface area contributed by atoms with E-state index in [9.17, 15) is 17.1 Å². The third-order valence-corrected chi connectivity index (χ3v) is 3.36. The number of halogens is 1. The number of hydrogen-bond donors (Lipinski definition) is 0. The minimum atomic E-state index is -4.36. The molecule has 0 aromatic carbocycles. The summed E-state index contributed by atoms with van der Waals surface area (Å²) in [6.45, 7) is 2.55. The largest absolute Gasteiger partial charge is 0.343 e. The third kappa shape index (κ3) is 3.61. The summed E-state index contributed by atoms with van der Waals surface area (Å²) in [5, 5.41) is 0. The quantitative estimate of drug-likeness (QED) is 0.642. The number of hydrogen-bond acceptors (Lipinski definition) is 3. The van der Waals surface area contributed by atoms with E-state index in [2.05, 4.69) is 0 Å². The van der Waals surface area contributed by atoms with E-state index in [1.165, 1.54) is 6.92 Å². The molecule has 14 heavy (non-hydrogen) atoms. The van der Waals surface area contributed by atoms with Gasteiger partial charge in [0, 0.05) is 20.0 Å². The van der Waals surface area contributed by atoms with Crippen molar-refractivity contribution in [3.05, 3.63) is 0 Å². The predicted octanol–water partition coefficient (Wildman–Crippen LogP) is 0.544. The molecule has 0 atom stereocenters. The Kier molecular flexibility index (Phi) is 3.47. The summed E-state index contributed by atoms with van der Waals surface area (Å²) >= 11 is 0. The number of rotatable bonds is 2. The van der Waals surface area contributed by atoms with Gasteiger partial charge in [0.1, 0.15) is 0 Å². The average Bonchev–Trinajstić information content (AvgIpc) is 2.02. The molecule has 1 fully saturated rings. The molecule has 0 N–H and O–H groups in total. The predicted molar refractivity (Wildman–Crippen MR) is 49.9 cm³/mol. The van der Waals surface area contributed by atoms with Gasteiger partial charge in [0.15, 0.2) is 0 Å². The van der Waals surface area contributed by atoms with E-state index >= 15 is 0 Å². The monoisotopic (exact) mass is 223 g/mol. The van der Waals surface area contributed by atoms with Gasteiger partial charge in [0.05, 0.1) is 5.75 Å². The van der Waals surface area contributed by atoms with Crippen LogP contribution in [0.25, 0.3) is 0 Å². The van der Waals surface area contributed by atoms with Gasteiger partial charge < -0.3 is 4.90 Å². The molecule has 0 bridgehead atoms. The fraction of sp³-hybridized carbons (Fsp3) is 0.875. The van der Waals surface area contributed by atoms with Crippen LogP contribution in [-0.2, 0) is 15.0 Å². The third-order valence-electron chi connectivity index (χ3n) is 2.49. The molecule has 0 spiro atoms. The Hall–Kier alpha value is -0.650. The zero-order valence-corrected chi connectivity index (χ0v) is 8.89. The van der Waals surface area contributed by atoms with Crippen LogP contribution in [0, 0.1) is 5.92 Å². The Balaban J connectivity index is 2.40. The molecule has 1 saturated heterocycles. The van der Waals surface area contributed by atoms with Crippen molar-refractivity contribution >= 4 is 16.1 Å². The van der Waals surface area contributed by atoms with Crippen molar-refractivity contribution in [1.82, 2.24) is 4.90 Å². The molecule has 1 aliphatic rings. The highest BCUT2D eigenvalue weighted by Crippen LogP contribution is 2.19. The number of likely N-dealkylation sites (tertiary alicyclic amines) is 1. The average molecular weight is 223 g/mol. The van der Waals surface area contributed by atoms with Gasteiger partial charge in [-0.15, -0.1) is 3.89 Å². The summed E-state index contributed by atoms with van der Waals surface area (Å²) in [5.41, 5.74) is 0. The zero-order valence-electron chi connectivity index (χ0n) is 8.07. The minimum Gasteiger partial charge on any atom is -0.343 e. The fourth-order valence-corrected chi connectivity index (χ4v) is 2.59. The van der Waals surface area contributed by atoms with Gasteiger partial charge in [-0.05, 0) is 18.8 Å². The smallest absolute Gasteiger partial charge is 0.302 e. The van der Waals surface area contributed by atoms with Gasteiger partial charge >= 0.3 is 10.2 Å². The van der Waals surface area contributed by atoms with Crippen molar-refractivity contribution in [2.24, 2.45) is 5.92 Å². The van der Waals surface area contributed by atoms with Crippen LogP contribution in [0.15, 0.2) is 0 Å². The molecule has 1 heterocycles. The van der Waals surface area contributed by atoms with Crippen LogP contribution in [0.4, 0.5) is 3.89 Å². The first kappa shape index (κ1) is 11.4. The molecule has 1 amide bonds. The lowest BCUT2D eigenvalue weighted by Crippen LogP contribution is -2.38. The van der Waals surface area contributed by atoms with Crippen LogP contribution >= 0.6 is 0 Å². The Bertz CT molecular complexity index is 307. The SMILES string of the molecule is CC(=O)N1CCC(CS(=O)(=O)F)CC1. The van der Waals surface area contributed by atoms with E-state index in [-0.39, 0.29) is 11.8 Å². The molecular formula is C8H14FNO3S. The Morgan fingerprint density at radius 3 is 2.29 bits per heavy atom. The molecule has 0 radical (unpaired) electrons. The van der Waals surface area contributed by atoms with Crippen molar-refractivity contribution < 1.29 is 17.1 Å². The lowest BCUT2D eigenvalue weighted by molar-refractivity contribution is -0.130. The molecule has 0 aliphatic carbocycles. The Labute approximate surface area is 83.3 Å². The molecule has 0 saturated carbocycles. The van der Waals surface area contributed by atoms with Crippen LogP contribution in [0.2, 0.25) is 0 Å². The maximum Gasteiger partial charge on any atom is 0.302 e. The number of carbonyl (C=O) groups excluding carboxylic acids is 1. The highest BCUT2D eigenvalue weighted by atomic mass is 32.3. The minimum absolute atomic E-state index is 0.00782. The number of carbonyl (C=O) groups is 1. The highest BCUT2D eigenvalue weighted by molar-refractivity contribution is 7.86. The van der Waals surface area contributed by atoms with Crippen molar-refractivity contribution in [2.45, 2.75) is 19.8 Å². The molecule has 1 rings (SSSR count). The van der Waals surface area contributed by atoms with E-state index in [0.29, 0.717) is 25.9 Å². The summed E-state index contributed by atoms with van der Waals surface area (Å²) in [4.78, 5) is 12.6. The van der Waals surface area contributed by atoms with Crippen molar-refractivity contribution in [3.8, 4) is 0 Å². The van der Waals surface area contributed by atoms with Gasteiger partial charge in [0.2, 0.25) is 5.91 Å². The second-order valence-corrected chi connectivity index (χ2v) is 5.07. The molecule has 4 nitrogen and oxygen atoms in total. The Morgan fingerprint density at radius 1 is 1.43 bits per heavy atom. The van der Waals surface area contributed by atoms with Gasteiger partial charge in [-0.2, -0.15) is 8.42 Å². The topological polar surface area (TPSA) is 54.5 Å². The highest BCUT2D eigenvalue weighted by Gasteiger charge is 2.24. The van der Waals surface area contributed by atoms with Gasteiger partial charge in [0.25, 0.3) is 0 Å². The summed E-state index contributed by atoms with van der Waals surface area (Å²) < 4.78 is 33.1. The van der Waals surface area contributed by atoms with Crippen molar-refractivity contribution in [3.63, 3.8) is 0 Å². The van der Waals surface area contributed by atoms with Gasteiger partial charge in [-0.1, -0.05) is 0 Å². The van der Waals surface area contributed by atoms with E-state index in [1.54, 1.807) is 4.90 Å². The van der Waals surface area contributed by atoms with Crippen LogP contribution < -0.4 is 0 Å². The van der Waals surface area contributed by atoms with E-state index in [4.69, 9.17) is 0 Å². The number of piperidine rings is 1. The maximum atomic E-state index is 12.3. The van der Waals surface area contributed by atoms with Gasteiger partial charge in [-0.25, -0.2) is 0 Å². The fourth-order valence-electron chi connectivity index (χ4n) is 1.70. The molecule has 0 aromatic heterocycles. The molecule has 0 aromatic rings. The van der Waals surface area contributed by atoms with E-state index in [1.807, 2.05) is 0 Å². The van der Waals surface area contributed by atoms with Crippen LogP contribution in [0.3, 0.4) is 0 Å². The summed E-state index contributed by atoms with van der Waals surface area (Å²) in [7, 11) is -4.36. The maximum absolute atomic E-state index is 12.3. The zero-order chi connectivity index (χ0) is 10.8. The second kappa shape index (κ2) is 4.25. The standard InChI is InChI=1S/C8H14FNO3S/c1-7(11)10-4-2-8(3-5-10)6-14(9,12)13/h8H,2-6H2,1H3. The first-order valence-electron chi connectivity index (χ1n) is 4.56. The van der Waals surface area contributed by atoms with Gasteiger partial charge in [-0.3, -0.25) is 4.79 Å². The lowest BCUT2D eigenvalue weighted by Gasteiger charge is -2.30. The first-order chi connectivity index (χ1) is 6.38. The molecular weight excluding hydrogens is 209 g/mol. The molecule has 0 unspecified atom stereocenters. The van der Waals surface area contributed by atoms with Crippen LogP contribution in [-0.4, -0.2) is 38.1 Å². The normalized spacial score (nSPS) is 19.7. The summed E-state index contributed by atoms with van der Waals surface area (Å²) in [6, 6.07) is 0. The number of nitrogens with zero attached hydrogens (tertiary/aromatic N) is 1. The van der Waals surface area contributed by atoms with Crippen LogP contribution in [0.5, 0.6) is 0 Å². The molecule has 82 valence electrons. The summed E-state index contributed by atoms with van der Waals surface area (Å²) in [6.07, 6.45) is 1.14. The van der Waals surface area contributed by atoms with E-state index in [0.717, 1.165) is 0 Å². The first-order valence-corrected chi connectivity index (χ1v) is 6.11.